The number of halogens is 1. The summed E-state index contributed by atoms with van der Waals surface area (Å²) < 4.78 is 29.9. The Morgan fingerprint density at radius 2 is 2.00 bits per heavy atom. The number of hydrogen-bond acceptors (Lipinski definition) is 7. The quantitative estimate of drug-likeness (QED) is 0.599. The van der Waals surface area contributed by atoms with Crippen LogP contribution in [-0.2, 0) is 19.6 Å². The minimum Gasteiger partial charge on any atom is -0.380 e. The molecule has 0 radical (unpaired) electrons. The van der Waals surface area contributed by atoms with Crippen LogP contribution in [0, 0.1) is 0 Å². The number of nitrogens with one attached hydrogen (secondary N) is 2. The highest BCUT2D eigenvalue weighted by Gasteiger charge is 2.13. The van der Waals surface area contributed by atoms with Gasteiger partial charge in [-0.25, -0.2) is 13.4 Å². The molecule has 0 aliphatic carbocycles. The third-order valence-corrected chi connectivity index (χ3v) is 4.61. The zero-order valence-electron chi connectivity index (χ0n) is 14.3. The molecule has 2 aromatic rings. The van der Waals surface area contributed by atoms with Crippen molar-refractivity contribution in [2.45, 2.75) is 12.5 Å². The Morgan fingerprint density at radius 3 is 2.54 bits per heavy atom. The van der Waals surface area contributed by atoms with Crippen molar-refractivity contribution in [2.24, 2.45) is 5.73 Å². The molecule has 26 heavy (non-hydrogen) atoms. The van der Waals surface area contributed by atoms with Crippen molar-refractivity contribution in [1.82, 2.24) is 4.98 Å². The van der Waals surface area contributed by atoms with Gasteiger partial charge in [-0.1, -0.05) is 12.1 Å². The molecule has 1 amide bonds. The van der Waals surface area contributed by atoms with Crippen LogP contribution in [0.5, 0.6) is 0 Å². The number of methoxy groups -OCH3 is 1. The fourth-order valence-electron chi connectivity index (χ4n) is 2.03. The predicted octanol–water partition coefficient (Wildman–Crippen LogP) is 1.91. The SMILES string of the molecule is COC(CN)CC(=O)Nc1nc(-c2ccc(NS(C)(=O)=O)cc2)cs1.Cl. The third kappa shape index (κ3) is 6.89. The highest BCUT2D eigenvalue weighted by Crippen LogP contribution is 2.26. The van der Waals surface area contributed by atoms with Gasteiger partial charge in [0.1, 0.15) is 0 Å². The summed E-state index contributed by atoms with van der Waals surface area (Å²) in [6.07, 6.45) is 0.928. The molecule has 1 aromatic heterocycles. The number of rotatable bonds is 8. The molecule has 0 spiro atoms. The second-order valence-electron chi connectivity index (χ2n) is 5.34. The van der Waals surface area contributed by atoms with Crippen LogP contribution >= 0.6 is 23.7 Å². The summed E-state index contributed by atoms with van der Waals surface area (Å²) in [6.45, 7) is 0.265. The second-order valence-corrected chi connectivity index (χ2v) is 7.94. The van der Waals surface area contributed by atoms with Crippen LogP contribution in [0.2, 0.25) is 0 Å². The van der Waals surface area contributed by atoms with E-state index in [9.17, 15) is 13.2 Å². The van der Waals surface area contributed by atoms with Crippen molar-refractivity contribution < 1.29 is 17.9 Å². The Morgan fingerprint density at radius 1 is 1.35 bits per heavy atom. The summed E-state index contributed by atoms with van der Waals surface area (Å²) in [5, 5.41) is 5.00. The van der Waals surface area contributed by atoms with Gasteiger partial charge in [-0.15, -0.1) is 23.7 Å². The van der Waals surface area contributed by atoms with Crippen molar-refractivity contribution in [3.05, 3.63) is 29.6 Å². The molecule has 1 heterocycles. The molecule has 144 valence electrons. The van der Waals surface area contributed by atoms with E-state index in [-0.39, 0.29) is 37.4 Å². The first-order valence-corrected chi connectivity index (χ1v) is 10.1. The first kappa shape index (κ1) is 22.3. The van der Waals surface area contributed by atoms with E-state index >= 15 is 0 Å². The van der Waals surface area contributed by atoms with Crippen LogP contribution in [-0.4, -0.2) is 45.3 Å². The van der Waals surface area contributed by atoms with E-state index < -0.39 is 10.0 Å². The number of ether oxygens (including phenoxy) is 1. The number of carbonyl (C=O) groups excluding carboxylic acids is 1. The number of carbonyl (C=O) groups is 1. The molecule has 1 aromatic carbocycles. The van der Waals surface area contributed by atoms with Gasteiger partial charge < -0.3 is 15.8 Å². The number of nitrogens with zero attached hydrogens (tertiary/aromatic N) is 1. The van der Waals surface area contributed by atoms with Crippen LogP contribution in [0.25, 0.3) is 11.3 Å². The van der Waals surface area contributed by atoms with Gasteiger partial charge in [0.2, 0.25) is 15.9 Å². The molecule has 0 aliphatic rings. The molecule has 8 nitrogen and oxygen atoms in total. The molecule has 2 rings (SSSR count). The van der Waals surface area contributed by atoms with Gasteiger partial charge in [0.25, 0.3) is 0 Å². The lowest BCUT2D eigenvalue weighted by Gasteiger charge is -2.11. The van der Waals surface area contributed by atoms with E-state index in [1.165, 1.54) is 18.4 Å². The van der Waals surface area contributed by atoms with E-state index in [0.29, 0.717) is 16.5 Å². The van der Waals surface area contributed by atoms with E-state index in [1.807, 2.05) is 5.38 Å². The number of anilines is 2. The summed E-state index contributed by atoms with van der Waals surface area (Å²) in [5.41, 5.74) is 7.47. The minimum absolute atomic E-state index is 0. The lowest BCUT2D eigenvalue weighted by molar-refractivity contribution is -0.118. The maximum absolute atomic E-state index is 11.9. The van der Waals surface area contributed by atoms with Gasteiger partial charge >= 0.3 is 0 Å². The highest BCUT2D eigenvalue weighted by molar-refractivity contribution is 7.92. The van der Waals surface area contributed by atoms with Gasteiger partial charge in [0, 0.05) is 30.3 Å². The standard InChI is InChI=1S/C15H20N4O4S2.ClH/c1-23-12(8-16)7-14(20)18-15-17-13(9-24-15)10-3-5-11(6-4-10)19-25(2,21)22;/h3-6,9,12,19H,7-8,16H2,1-2H3,(H,17,18,20);1H. The van der Waals surface area contributed by atoms with E-state index in [4.69, 9.17) is 10.5 Å². The smallest absolute Gasteiger partial charge is 0.229 e. The molecule has 0 fully saturated rings. The summed E-state index contributed by atoms with van der Waals surface area (Å²) in [5.74, 6) is -0.217. The monoisotopic (exact) mass is 420 g/mol. The normalized spacial score (nSPS) is 12.1. The lowest BCUT2D eigenvalue weighted by atomic mass is 10.1. The van der Waals surface area contributed by atoms with Crippen LogP contribution in [0.4, 0.5) is 10.8 Å². The summed E-state index contributed by atoms with van der Waals surface area (Å²) in [6, 6.07) is 6.81. The van der Waals surface area contributed by atoms with Crippen LogP contribution in [0.15, 0.2) is 29.6 Å². The number of thiazole rings is 1. The van der Waals surface area contributed by atoms with Gasteiger partial charge in [0.05, 0.1) is 24.5 Å². The number of hydrogen-bond donors (Lipinski definition) is 3. The first-order valence-electron chi connectivity index (χ1n) is 7.37. The number of amides is 1. The maximum Gasteiger partial charge on any atom is 0.229 e. The zero-order chi connectivity index (χ0) is 18.4. The molecule has 0 aliphatic heterocycles. The maximum atomic E-state index is 11.9. The second kappa shape index (κ2) is 9.83. The largest absolute Gasteiger partial charge is 0.380 e. The number of aromatic nitrogens is 1. The van der Waals surface area contributed by atoms with Crippen molar-refractivity contribution in [3.63, 3.8) is 0 Å². The van der Waals surface area contributed by atoms with Gasteiger partial charge in [-0.3, -0.25) is 9.52 Å². The average molecular weight is 421 g/mol. The van der Waals surface area contributed by atoms with Crippen molar-refractivity contribution in [1.29, 1.82) is 0 Å². The minimum atomic E-state index is -3.31. The summed E-state index contributed by atoms with van der Waals surface area (Å²) in [7, 11) is -1.80. The van der Waals surface area contributed by atoms with Gasteiger partial charge in [-0.05, 0) is 12.1 Å². The lowest BCUT2D eigenvalue weighted by Crippen LogP contribution is -2.28. The van der Waals surface area contributed by atoms with Crippen LogP contribution < -0.4 is 15.8 Å². The number of benzene rings is 1. The molecule has 0 bridgehead atoms. The Balaban J connectivity index is 0.00000338. The fraction of sp³-hybridized carbons (Fsp3) is 0.333. The van der Waals surface area contributed by atoms with Crippen molar-refractivity contribution in [2.75, 3.05) is 29.9 Å². The average Bonchev–Trinajstić information content (AvgIpc) is 3.00. The summed E-state index contributed by atoms with van der Waals surface area (Å²) >= 11 is 1.30. The number of nitrogens with two attached hydrogens (primary N) is 1. The van der Waals surface area contributed by atoms with Crippen LogP contribution in [0.1, 0.15) is 6.42 Å². The predicted molar refractivity (Wildman–Crippen MR) is 106 cm³/mol. The summed E-state index contributed by atoms with van der Waals surface area (Å²) in [4.78, 5) is 16.3. The Kier molecular flexibility index (Phi) is 8.44. The van der Waals surface area contributed by atoms with E-state index in [0.717, 1.165) is 11.8 Å². The molecule has 4 N–H and O–H groups in total. The molecule has 11 heteroatoms. The van der Waals surface area contributed by atoms with Gasteiger partial charge in [-0.2, -0.15) is 0 Å². The fourth-order valence-corrected chi connectivity index (χ4v) is 3.33. The zero-order valence-corrected chi connectivity index (χ0v) is 16.7. The molecule has 0 saturated carbocycles. The topological polar surface area (TPSA) is 123 Å². The van der Waals surface area contributed by atoms with Gasteiger partial charge in [0.15, 0.2) is 5.13 Å². The molecular formula is C15H21ClN4O4S2. The van der Waals surface area contributed by atoms with Crippen molar-refractivity contribution >= 4 is 50.5 Å². The Labute approximate surface area is 162 Å². The van der Waals surface area contributed by atoms with Crippen molar-refractivity contribution in [3.8, 4) is 11.3 Å². The van der Waals surface area contributed by atoms with E-state index in [2.05, 4.69) is 15.0 Å². The van der Waals surface area contributed by atoms with Crippen LogP contribution in [0.3, 0.4) is 0 Å². The Hall–Kier alpha value is -1.72. The number of sulfonamides is 1. The first-order chi connectivity index (χ1) is 11.8. The third-order valence-electron chi connectivity index (χ3n) is 3.24. The molecule has 1 unspecified atom stereocenters. The molecule has 1 atom stereocenters. The van der Waals surface area contributed by atoms with E-state index in [1.54, 1.807) is 24.3 Å². The highest BCUT2D eigenvalue weighted by atomic mass is 35.5. The molecule has 0 saturated heterocycles. The Bertz CT molecular complexity index is 820. The molecular weight excluding hydrogens is 400 g/mol.